The number of carboxylic acid groups (broad SMARTS) is 1. The number of carbonyl (C=O) groups is 2. The summed E-state index contributed by atoms with van der Waals surface area (Å²) in [5.41, 5.74) is -0.532. The number of aliphatic carboxylic acids is 1. The van der Waals surface area contributed by atoms with Crippen LogP contribution in [0.1, 0.15) is 58.3 Å². The summed E-state index contributed by atoms with van der Waals surface area (Å²) < 4.78 is 0. The van der Waals surface area contributed by atoms with Crippen molar-refractivity contribution in [2.24, 2.45) is 5.92 Å². The quantitative estimate of drug-likeness (QED) is 0.715. The Balaban J connectivity index is 1.85. The molecule has 1 unspecified atom stereocenters. The number of nitrogens with one attached hydrogen (secondary N) is 2. The van der Waals surface area contributed by atoms with Gasteiger partial charge in [-0.1, -0.05) is 19.3 Å². The molecule has 0 bridgehead atoms. The van der Waals surface area contributed by atoms with Gasteiger partial charge in [0.1, 0.15) is 0 Å². The Morgan fingerprint density at radius 1 is 1.26 bits per heavy atom. The van der Waals surface area contributed by atoms with Gasteiger partial charge >= 0.3 is 12.0 Å². The molecule has 19 heavy (non-hydrogen) atoms. The van der Waals surface area contributed by atoms with E-state index in [1.165, 1.54) is 19.3 Å². The predicted molar refractivity (Wildman–Crippen MR) is 71.9 cm³/mol. The number of carboxylic acids is 1. The highest BCUT2D eigenvalue weighted by Gasteiger charge is 2.38. The molecule has 0 aromatic carbocycles. The first-order valence-electron chi connectivity index (χ1n) is 7.31. The summed E-state index contributed by atoms with van der Waals surface area (Å²) >= 11 is 0. The van der Waals surface area contributed by atoms with Gasteiger partial charge in [0.15, 0.2) is 0 Å². The van der Waals surface area contributed by atoms with E-state index in [4.69, 9.17) is 5.11 Å². The van der Waals surface area contributed by atoms with Crippen LogP contribution in [0.5, 0.6) is 0 Å². The van der Waals surface area contributed by atoms with Crippen LogP contribution in [0.3, 0.4) is 0 Å². The molecule has 2 fully saturated rings. The van der Waals surface area contributed by atoms with Crippen molar-refractivity contribution in [2.45, 2.75) is 69.9 Å². The Morgan fingerprint density at radius 2 is 1.89 bits per heavy atom. The first-order valence-corrected chi connectivity index (χ1v) is 7.31. The highest BCUT2D eigenvalue weighted by molar-refractivity contribution is 5.77. The molecule has 0 saturated heterocycles. The predicted octanol–water partition coefficient (Wildman–Crippen LogP) is 2.26. The number of hydrogen-bond acceptors (Lipinski definition) is 2. The first kappa shape index (κ1) is 14.2. The van der Waals surface area contributed by atoms with Gasteiger partial charge in [0.05, 0.1) is 12.0 Å². The van der Waals surface area contributed by atoms with Crippen molar-refractivity contribution in [2.75, 3.05) is 0 Å². The second-order valence-corrected chi connectivity index (χ2v) is 6.14. The molecular weight excluding hydrogens is 244 g/mol. The van der Waals surface area contributed by atoms with E-state index in [2.05, 4.69) is 10.6 Å². The van der Waals surface area contributed by atoms with Crippen LogP contribution in [-0.2, 0) is 4.79 Å². The lowest BCUT2D eigenvalue weighted by molar-refractivity contribution is -0.138. The van der Waals surface area contributed by atoms with Crippen molar-refractivity contribution in [3.63, 3.8) is 0 Å². The van der Waals surface area contributed by atoms with Gasteiger partial charge in [0.25, 0.3) is 0 Å². The third-order valence-electron chi connectivity index (χ3n) is 4.64. The summed E-state index contributed by atoms with van der Waals surface area (Å²) in [6.07, 6.45) is 7.16. The van der Waals surface area contributed by atoms with Crippen molar-refractivity contribution < 1.29 is 14.7 Å². The second kappa shape index (κ2) is 5.80. The zero-order chi connectivity index (χ0) is 13.9. The fourth-order valence-corrected chi connectivity index (χ4v) is 3.23. The van der Waals surface area contributed by atoms with E-state index in [9.17, 15) is 9.59 Å². The maximum Gasteiger partial charge on any atom is 0.315 e. The smallest absolute Gasteiger partial charge is 0.315 e. The van der Waals surface area contributed by atoms with Crippen LogP contribution >= 0.6 is 0 Å². The van der Waals surface area contributed by atoms with Gasteiger partial charge in [-0.2, -0.15) is 0 Å². The molecule has 5 heteroatoms. The van der Waals surface area contributed by atoms with E-state index in [1.54, 1.807) is 0 Å². The van der Waals surface area contributed by atoms with E-state index in [1.807, 2.05) is 6.92 Å². The van der Waals surface area contributed by atoms with Crippen LogP contribution < -0.4 is 10.6 Å². The molecule has 0 radical (unpaired) electrons. The monoisotopic (exact) mass is 268 g/mol. The molecule has 0 aromatic rings. The summed E-state index contributed by atoms with van der Waals surface area (Å²) in [6.45, 7) is 2.03. The molecule has 2 rings (SSSR count). The third kappa shape index (κ3) is 3.61. The molecule has 3 N–H and O–H groups in total. The van der Waals surface area contributed by atoms with Crippen LogP contribution in [-0.4, -0.2) is 28.7 Å². The summed E-state index contributed by atoms with van der Waals surface area (Å²) in [5, 5.41) is 14.9. The van der Waals surface area contributed by atoms with Crippen LogP contribution in [0.25, 0.3) is 0 Å². The van der Waals surface area contributed by atoms with Crippen molar-refractivity contribution >= 4 is 12.0 Å². The zero-order valence-corrected chi connectivity index (χ0v) is 11.6. The molecule has 1 atom stereocenters. The normalized spacial score (nSPS) is 23.4. The Morgan fingerprint density at radius 3 is 2.37 bits per heavy atom. The Labute approximate surface area is 114 Å². The fourth-order valence-electron chi connectivity index (χ4n) is 3.23. The molecule has 2 aliphatic carbocycles. The lowest BCUT2D eigenvalue weighted by atomic mass is 9.80. The van der Waals surface area contributed by atoms with E-state index in [-0.39, 0.29) is 18.5 Å². The summed E-state index contributed by atoms with van der Waals surface area (Å²) in [4.78, 5) is 23.0. The number of rotatable bonds is 5. The highest BCUT2D eigenvalue weighted by atomic mass is 16.4. The highest BCUT2D eigenvalue weighted by Crippen LogP contribution is 2.33. The average Bonchev–Trinajstić information content (AvgIpc) is 2.61. The standard InChI is InChI=1S/C14H24N2O3/c1-10(11-5-4-6-11)15-13(19)16-14(9-12(17)18)7-2-3-8-14/h10-11H,2-9H2,1H3,(H,17,18)(H2,15,16,19). The van der Waals surface area contributed by atoms with Crippen molar-refractivity contribution in [3.05, 3.63) is 0 Å². The number of carbonyl (C=O) groups excluding carboxylic acids is 1. The molecule has 0 spiro atoms. The summed E-state index contributed by atoms with van der Waals surface area (Å²) in [6, 6.07) is -0.0282. The van der Waals surface area contributed by atoms with Gasteiger partial charge in [-0.15, -0.1) is 0 Å². The van der Waals surface area contributed by atoms with Gasteiger partial charge in [-0.3, -0.25) is 4.79 Å². The SMILES string of the molecule is CC(NC(=O)NC1(CC(=O)O)CCCC1)C1CCC1. The van der Waals surface area contributed by atoms with E-state index in [0.29, 0.717) is 5.92 Å². The van der Waals surface area contributed by atoms with E-state index >= 15 is 0 Å². The number of hydrogen-bond donors (Lipinski definition) is 3. The van der Waals surface area contributed by atoms with Crippen molar-refractivity contribution in [3.8, 4) is 0 Å². The van der Waals surface area contributed by atoms with Crippen LogP contribution in [0.15, 0.2) is 0 Å². The Bertz CT molecular complexity index is 347. The van der Waals surface area contributed by atoms with Gasteiger partial charge < -0.3 is 15.7 Å². The molecular formula is C14H24N2O3. The molecule has 0 heterocycles. The van der Waals surface area contributed by atoms with E-state index < -0.39 is 11.5 Å². The molecule has 108 valence electrons. The summed E-state index contributed by atoms with van der Waals surface area (Å²) in [5.74, 6) is -0.251. The lowest BCUT2D eigenvalue weighted by Gasteiger charge is -2.34. The second-order valence-electron chi connectivity index (χ2n) is 6.14. The minimum Gasteiger partial charge on any atom is -0.481 e. The topological polar surface area (TPSA) is 78.4 Å². The van der Waals surface area contributed by atoms with Gasteiger partial charge in [0, 0.05) is 6.04 Å². The largest absolute Gasteiger partial charge is 0.481 e. The first-order chi connectivity index (χ1) is 9.01. The maximum atomic E-state index is 12.0. The van der Waals surface area contributed by atoms with Gasteiger partial charge in [0.2, 0.25) is 0 Å². The molecule has 0 aromatic heterocycles. The molecule has 2 aliphatic rings. The van der Waals surface area contributed by atoms with E-state index in [0.717, 1.165) is 25.7 Å². The van der Waals surface area contributed by atoms with Crippen LogP contribution in [0, 0.1) is 5.92 Å². The molecule has 5 nitrogen and oxygen atoms in total. The van der Waals surface area contributed by atoms with Crippen molar-refractivity contribution in [1.29, 1.82) is 0 Å². The minimum atomic E-state index is -0.839. The van der Waals surface area contributed by atoms with Crippen molar-refractivity contribution in [1.82, 2.24) is 10.6 Å². The van der Waals surface area contributed by atoms with Crippen LogP contribution in [0.4, 0.5) is 4.79 Å². The third-order valence-corrected chi connectivity index (χ3v) is 4.64. The lowest BCUT2D eigenvalue weighted by Crippen LogP contribution is -2.54. The van der Waals surface area contributed by atoms with Gasteiger partial charge in [-0.25, -0.2) is 4.79 Å². The fraction of sp³-hybridized carbons (Fsp3) is 0.857. The Hall–Kier alpha value is -1.26. The minimum absolute atomic E-state index is 0.0260. The Kier molecular flexibility index (Phi) is 4.32. The molecule has 2 saturated carbocycles. The molecule has 0 aliphatic heterocycles. The average molecular weight is 268 g/mol. The van der Waals surface area contributed by atoms with Crippen LogP contribution in [0.2, 0.25) is 0 Å². The maximum absolute atomic E-state index is 12.0. The zero-order valence-electron chi connectivity index (χ0n) is 11.6. The number of amides is 2. The summed E-state index contributed by atoms with van der Waals surface area (Å²) in [7, 11) is 0. The molecule has 2 amide bonds. The van der Waals surface area contributed by atoms with Gasteiger partial charge in [-0.05, 0) is 38.5 Å². The number of urea groups is 1.